The number of benzene rings is 1. The molecule has 98 valence electrons. The van der Waals surface area contributed by atoms with Crippen LogP contribution >= 0.6 is 0 Å². The van der Waals surface area contributed by atoms with E-state index in [1.807, 2.05) is 13.8 Å². The summed E-state index contributed by atoms with van der Waals surface area (Å²) >= 11 is 0. The number of anilines is 1. The van der Waals surface area contributed by atoms with E-state index in [-0.39, 0.29) is 5.97 Å². The zero-order valence-electron chi connectivity index (χ0n) is 10.9. The second-order valence-electron chi connectivity index (χ2n) is 4.13. The molecule has 1 aromatic rings. The zero-order valence-corrected chi connectivity index (χ0v) is 10.9. The molecule has 0 aliphatic heterocycles. The Labute approximate surface area is 107 Å². The fourth-order valence-electron chi connectivity index (χ4n) is 1.27. The summed E-state index contributed by atoms with van der Waals surface area (Å²) in [5.41, 5.74) is 7.58. The minimum absolute atomic E-state index is 0.364. The molecular weight excluding hydrogens is 230 g/mol. The monoisotopic (exact) mass is 249 g/mol. The van der Waals surface area contributed by atoms with Crippen LogP contribution in [0.4, 0.5) is 5.69 Å². The normalized spacial score (nSPS) is 9.89. The molecular formula is C14H19NO3. The van der Waals surface area contributed by atoms with Crippen LogP contribution in [0.25, 0.3) is 0 Å². The van der Waals surface area contributed by atoms with Crippen molar-refractivity contribution in [3.05, 3.63) is 35.9 Å². The third kappa shape index (κ3) is 4.13. The number of hydrogen-bond donors (Lipinski definition) is 1. The predicted octanol–water partition coefficient (Wildman–Crippen LogP) is 2.79. The summed E-state index contributed by atoms with van der Waals surface area (Å²) < 4.78 is 10.5. The van der Waals surface area contributed by atoms with Gasteiger partial charge in [0.2, 0.25) is 0 Å². The molecule has 0 saturated carbocycles. The van der Waals surface area contributed by atoms with Crippen LogP contribution in [0.1, 0.15) is 30.6 Å². The maximum absolute atomic E-state index is 11.7. The van der Waals surface area contributed by atoms with Crippen LogP contribution in [0.15, 0.2) is 30.4 Å². The average Bonchev–Trinajstić information content (AvgIpc) is 2.34. The van der Waals surface area contributed by atoms with Crippen LogP contribution in [0, 0.1) is 0 Å². The molecule has 0 saturated heterocycles. The number of rotatable bonds is 6. The molecule has 1 rings (SSSR count). The van der Waals surface area contributed by atoms with Crippen molar-refractivity contribution >= 4 is 11.7 Å². The average molecular weight is 249 g/mol. The van der Waals surface area contributed by atoms with Crippen LogP contribution in [0.5, 0.6) is 5.75 Å². The molecule has 0 radical (unpaired) electrons. The van der Waals surface area contributed by atoms with Crippen molar-refractivity contribution in [1.82, 2.24) is 0 Å². The second-order valence-corrected chi connectivity index (χ2v) is 4.13. The Balaban J connectivity index is 2.79. The SMILES string of the molecule is C=C(C)COc1cc(C(=O)OCCC)ccc1N. The Hall–Kier alpha value is -1.97. The van der Waals surface area contributed by atoms with E-state index in [4.69, 9.17) is 15.2 Å². The third-order valence-electron chi connectivity index (χ3n) is 2.16. The van der Waals surface area contributed by atoms with Gasteiger partial charge in [0.15, 0.2) is 0 Å². The Morgan fingerprint density at radius 3 is 2.78 bits per heavy atom. The number of nitrogen functional groups attached to an aromatic ring is 1. The topological polar surface area (TPSA) is 61.5 Å². The Bertz CT molecular complexity index is 441. The van der Waals surface area contributed by atoms with Crippen molar-refractivity contribution < 1.29 is 14.3 Å². The van der Waals surface area contributed by atoms with E-state index in [2.05, 4.69) is 6.58 Å². The van der Waals surface area contributed by atoms with E-state index in [0.29, 0.717) is 30.2 Å². The number of carbonyl (C=O) groups excluding carboxylic acids is 1. The fraction of sp³-hybridized carbons (Fsp3) is 0.357. The molecule has 0 aliphatic rings. The molecule has 0 amide bonds. The van der Waals surface area contributed by atoms with Gasteiger partial charge in [0.05, 0.1) is 17.9 Å². The van der Waals surface area contributed by atoms with E-state index in [1.165, 1.54) is 0 Å². The van der Waals surface area contributed by atoms with Gasteiger partial charge in [0.25, 0.3) is 0 Å². The molecule has 4 nitrogen and oxygen atoms in total. The lowest BCUT2D eigenvalue weighted by Gasteiger charge is -2.10. The summed E-state index contributed by atoms with van der Waals surface area (Å²) in [6.45, 7) is 8.32. The molecule has 4 heteroatoms. The van der Waals surface area contributed by atoms with Gasteiger partial charge in [-0.25, -0.2) is 4.79 Å². The summed E-state index contributed by atoms with van der Waals surface area (Å²) in [6.07, 6.45) is 0.791. The number of nitrogens with two attached hydrogens (primary N) is 1. The van der Waals surface area contributed by atoms with Gasteiger partial charge in [-0.3, -0.25) is 0 Å². The molecule has 1 aromatic carbocycles. The van der Waals surface area contributed by atoms with Crippen molar-refractivity contribution in [2.45, 2.75) is 20.3 Å². The molecule has 0 aliphatic carbocycles. The number of carbonyl (C=O) groups is 1. The van der Waals surface area contributed by atoms with Crippen LogP contribution < -0.4 is 10.5 Å². The standard InChI is InChI=1S/C14H19NO3/c1-4-7-17-14(16)11-5-6-12(15)13(8-11)18-9-10(2)3/h5-6,8H,2,4,7,9,15H2,1,3H3. The molecule has 0 bridgehead atoms. The van der Waals surface area contributed by atoms with E-state index >= 15 is 0 Å². The molecule has 18 heavy (non-hydrogen) atoms. The first-order valence-corrected chi connectivity index (χ1v) is 5.88. The van der Waals surface area contributed by atoms with Crippen molar-refractivity contribution in [1.29, 1.82) is 0 Å². The smallest absolute Gasteiger partial charge is 0.338 e. The summed E-state index contributed by atoms with van der Waals surface area (Å²) in [7, 11) is 0. The first-order chi connectivity index (χ1) is 8.54. The molecule has 0 atom stereocenters. The highest BCUT2D eigenvalue weighted by Crippen LogP contribution is 2.23. The molecule has 0 unspecified atom stereocenters. The van der Waals surface area contributed by atoms with E-state index in [0.717, 1.165) is 12.0 Å². The maximum Gasteiger partial charge on any atom is 0.338 e. The predicted molar refractivity (Wildman–Crippen MR) is 71.7 cm³/mol. The highest BCUT2D eigenvalue weighted by molar-refractivity contribution is 5.90. The fourth-order valence-corrected chi connectivity index (χ4v) is 1.27. The van der Waals surface area contributed by atoms with Crippen LogP contribution in [-0.4, -0.2) is 19.2 Å². The molecule has 0 heterocycles. The Morgan fingerprint density at radius 1 is 1.44 bits per heavy atom. The second kappa shape index (κ2) is 6.69. The highest BCUT2D eigenvalue weighted by Gasteiger charge is 2.10. The molecule has 0 fully saturated rings. The maximum atomic E-state index is 11.7. The van der Waals surface area contributed by atoms with Gasteiger partial charge in [0, 0.05) is 0 Å². The van der Waals surface area contributed by atoms with Crippen LogP contribution in [-0.2, 0) is 4.74 Å². The minimum atomic E-state index is -0.364. The van der Waals surface area contributed by atoms with Crippen molar-refractivity contribution in [3.63, 3.8) is 0 Å². The van der Waals surface area contributed by atoms with Gasteiger partial charge in [-0.2, -0.15) is 0 Å². The zero-order chi connectivity index (χ0) is 13.5. The quantitative estimate of drug-likeness (QED) is 0.478. The first-order valence-electron chi connectivity index (χ1n) is 5.88. The largest absolute Gasteiger partial charge is 0.487 e. The number of esters is 1. The van der Waals surface area contributed by atoms with Gasteiger partial charge in [-0.05, 0) is 37.1 Å². The molecule has 2 N–H and O–H groups in total. The highest BCUT2D eigenvalue weighted by atomic mass is 16.5. The van der Waals surface area contributed by atoms with Gasteiger partial charge in [-0.1, -0.05) is 13.5 Å². The van der Waals surface area contributed by atoms with Crippen LogP contribution in [0.2, 0.25) is 0 Å². The van der Waals surface area contributed by atoms with Gasteiger partial charge >= 0.3 is 5.97 Å². The third-order valence-corrected chi connectivity index (χ3v) is 2.16. The van der Waals surface area contributed by atoms with Crippen molar-refractivity contribution in [2.75, 3.05) is 18.9 Å². The summed E-state index contributed by atoms with van der Waals surface area (Å²) in [6, 6.07) is 4.85. The molecule has 0 aromatic heterocycles. The van der Waals surface area contributed by atoms with E-state index in [9.17, 15) is 4.79 Å². The lowest BCUT2D eigenvalue weighted by molar-refractivity contribution is 0.0504. The lowest BCUT2D eigenvalue weighted by atomic mass is 10.2. The van der Waals surface area contributed by atoms with E-state index < -0.39 is 0 Å². The Kier molecular flexibility index (Phi) is 5.24. The van der Waals surface area contributed by atoms with E-state index in [1.54, 1.807) is 18.2 Å². The Morgan fingerprint density at radius 2 is 2.17 bits per heavy atom. The number of hydrogen-bond acceptors (Lipinski definition) is 4. The van der Waals surface area contributed by atoms with Crippen LogP contribution in [0.3, 0.4) is 0 Å². The van der Waals surface area contributed by atoms with Gasteiger partial charge in [0.1, 0.15) is 12.4 Å². The summed E-state index contributed by atoms with van der Waals surface area (Å²) in [4.78, 5) is 11.7. The first kappa shape index (κ1) is 14.1. The number of ether oxygens (including phenoxy) is 2. The van der Waals surface area contributed by atoms with Crippen molar-refractivity contribution in [2.24, 2.45) is 0 Å². The molecule has 0 spiro atoms. The van der Waals surface area contributed by atoms with Gasteiger partial charge in [-0.15, -0.1) is 0 Å². The van der Waals surface area contributed by atoms with Gasteiger partial charge < -0.3 is 15.2 Å². The summed E-state index contributed by atoms with van der Waals surface area (Å²) in [5, 5.41) is 0. The lowest BCUT2D eigenvalue weighted by Crippen LogP contribution is -2.07. The van der Waals surface area contributed by atoms with Crippen molar-refractivity contribution in [3.8, 4) is 5.75 Å². The minimum Gasteiger partial charge on any atom is -0.487 e. The summed E-state index contributed by atoms with van der Waals surface area (Å²) in [5.74, 6) is 0.112.